The highest BCUT2D eigenvalue weighted by Gasteiger charge is 2.04. The van der Waals surface area contributed by atoms with Gasteiger partial charge in [-0.15, -0.1) is 0 Å². The first-order valence-corrected chi connectivity index (χ1v) is 3.88. The number of rotatable bonds is 4. The Morgan fingerprint density at radius 3 is 2.11 bits per heavy atom. The molecule has 0 saturated heterocycles. The van der Waals surface area contributed by atoms with E-state index in [1.54, 1.807) is 0 Å². The lowest BCUT2D eigenvalue weighted by Crippen LogP contribution is -2.09. The van der Waals surface area contributed by atoms with Crippen molar-refractivity contribution in [1.82, 2.24) is 0 Å². The maximum absolute atomic E-state index is 9.16. The fourth-order valence-electron chi connectivity index (χ4n) is 0.798. The molecule has 0 fully saturated rings. The van der Waals surface area contributed by atoms with Crippen LogP contribution in [-0.2, 0) is 0 Å². The third kappa shape index (κ3) is 4.46. The molecule has 56 valence electrons. The molecule has 0 heterocycles. The van der Waals surface area contributed by atoms with E-state index in [9.17, 15) is 0 Å². The molecule has 0 rings (SSSR count). The van der Waals surface area contributed by atoms with Crippen molar-refractivity contribution in [2.24, 2.45) is 5.92 Å². The van der Waals surface area contributed by atoms with E-state index in [2.05, 4.69) is 13.8 Å². The number of aliphatic hydroxyl groups is 1. The summed E-state index contributed by atoms with van der Waals surface area (Å²) < 4.78 is 0. The van der Waals surface area contributed by atoms with Crippen LogP contribution in [0.15, 0.2) is 0 Å². The highest BCUT2D eigenvalue weighted by atomic mass is 16.3. The van der Waals surface area contributed by atoms with Gasteiger partial charge in [-0.3, -0.25) is 0 Å². The number of hydrogen-bond acceptors (Lipinski definition) is 1. The highest BCUT2D eigenvalue weighted by molar-refractivity contribution is 4.57. The number of hydrogen-bond donors (Lipinski definition) is 1. The Morgan fingerprint density at radius 2 is 1.78 bits per heavy atom. The largest absolute Gasteiger partial charge is 0.393 e. The first-order chi connectivity index (χ1) is 4.20. The molecule has 0 saturated carbocycles. The molecule has 1 nitrogen and oxygen atoms in total. The maximum Gasteiger partial charge on any atom is 0.0540 e. The van der Waals surface area contributed by atoms with Crippen LogP contribution in [0.5, 0.6) is 0 Å². The molecule has 9 heavy (non-hydrogen) atoms. The maximum atomic E-state index is 9.16. The molecule has 1 heteroatoms. The molecule has 0 aromatic heterocycles. The average Bonchev–Trinajstić information content (AvgIpc) is 1.87. The molecular weight excluding hydrogens is 112 g/mol. The van der Waals surface area contributed by atoms with Gasteiger partial charge in [0, 0.05) is 0 Å². The summed E-state index contributed by atoms with van der Waals surface area (Å²) in [6.45, 7) is 6.36. The standard InChI is InChI=1S/C8H18O/c1-4-7(3)6-8(9)5-2/h7-9H,4-6H2,1-3H3/t7-,8+/m1/s1. The van der Waals surface area contributed by atoms with Gasteiger partial charge in [-0.05, 0) is 18.8 Å². The van der Waals surface area contributed by atoms with E-state index in [1.165, 1.54) is 6.42 Å². The van der Waals surface area contributed by atoms with Gasteiger partial charge in [0.15, 0.2) is 0 Å². The zero-order chi connectivity index (χ0) is 7.28. The van der Waals surface area contributed by atoms with E-state index in [1.807, 2.05) is 6.92 Å². The fraction of sp³-hybridized carbons (Fsp3) is 1.00. The van der Waals surface area contributed by atoms with Crippen LogP contribution in [0, 0.1) is 5.92 Å². The molecule has 0 amide bonds. The summed E-state index contributed by atoms with van der Waals surface area (Å²) in [6, 6.07) is 0. The van der Waals surface area contributed by atoms with Gasteiger partial charge in [-0.25, -0.2) is 0 Å². The zero-order valence-electron chi connectivity index (χ0n) is 6.72. The van der Waals surface area contributed by atoms with Crippen LogP contribution < -0.4 is 0 Å². The van der Waals surface area contributed by atoms with Crippen LogP contribution in [0.4, 0.5) is 0 Å². The van der Waals surface area contributed by atoms with Crippen LogP contribution in [0.3, 0.4) is 0 Å². The van der Waals surface area contributed by atoms with Gasteiger partial charge in [0.25, 0.3) is 0 Å². The van der Waals surface area contributed by atoms with E-state index in [-0.39, 0.29) is 6.10 Å². The lowest BCUT2D eigenvalue weighted by Gasteiger charge is -2.11. The Balaban J connectivity index is 3.22. The predicted octanol–water partition coefficient (Wildman–Crippen LogP) is 2.19. The van der Waals surface area contributed by atoms with Crippen LogP contribution >= 0.6 is 0 Å². The molecule has 0 aliphatic heterocycles. The molecule has 0 spiro atoms. The van der Waals surface area contributed by atoms with Crippen molar-refractivity contribution >= 4 is 0 Å². The molecule has 2 atom stereocenters. The van der Waals surface area contributed by atoms with E-state index in [0.29, 0.717) is 5.92 Å². The number of aliphatic hydroxyl groups excluding tert-OH is 1. The zero-order valence-corrected chi connectivity index (χ0v) is 6.72. The molecule has 0 aromatic carbocycles. The molecule has 0 aromatic rings. The summed E-state index contributed by atoms with van der Waals surface area (Å²) in [4.78, 5) is 0. The SMILES string of the molecule is CC[C@@H](C)C[C@@H](O)CC. The highest BCUT2D eigenvalue weighted by Crippen LogP contribution is 2.10. The molecular formula is C8H18O. The van der Waals surface area contributed by atoms with E-state index in [4.69, 9.17) is 5.11 Å². The summed E-state index contributed by atoms with van der Waals surface area (Å²) in [5, 5.41) is 9.16. The van der Waals surface area contributed by atoms with Crippen molar-refractivity contribution in [1.29, 1.82) is 0 Å². The van der Waals surface area contributed by atoms with Crippen molar-refractivity contribution in [3.05, 3.63) is 0 Å². The van der Waals surface area contributed by atoms with Crippen LogP contribution in [0.1, 0.15) is 40.0 Å². The Labute approximate surface area is 58.1 Å². The normalized spacial score (nSPS) is 17.3. The van der Waals surface area contributed by atoms with Gasteiger partial charge in [-0.2, -0.15) is 0 Å². The third-order valence-electron chi connectivity index (χ3n) is 1.84. The van der Waals surface area contributed by atoms with E-state index in [0.717, 1.165) is 12.8 Å². The fourth-order valence-corrected chi connectivity index (χ4v) is 0.798. The minimum atomic E-state index is -0.0695. The second-order valence-corrected chi connectivity index (χ2v) is 2.81. The molecule has 0 bridgehead atoms. The van der Waals surface area contributed by atoms with Crippen LogP contribution in [0.2, 0.25) is 0 Å². The Kier molecular flexibility index (Phi) is 4.78. The minimum Gasteiger partial charge on any atom is -0.393 e. The van der Waals surface area contributed by atoms with Gasteiger partial charge < -0.3 is 5.11 Å². The monoisotopic (exact) mass is 130 g/mol. The van der Waals surface area contributed by atoms with Gasteiger partial charge in [0.1, 0.15) is 0 Å². The molecule has 0 radical (unpaired) electrons. The van der Waals surface area contributed by atoms with Crippen molar-refractivity contribution < 1.29 is 5.11 Å². The Morgan fingerprint density at radius 1 is 1.22 bits per heavy atom. The first-order valence-electron chi connectivity index (χ1n) is 3.88. The summed E-state index contributed by atoms with van der Waals surface area (Å²) in [5.41, 5.74) is 0. The molecule has 0 unspecified atom stereocenters. The summed E-state index contributed by atoms with van der Waals surface area (Å²) in [7, 11) is 0. The van der Waals surface area contributed by atoms with Crippen LogP contribution in [-0.4, -0.2) is 11.2 Å². The minimum absolute atomic E-state index is 0.0695. The lowest BCUT2D eigenvalue weighted by molar-refractivity contribution is 0.140. The Hall–Kier alpha value is -0.0400. The third-order valence-corrected chi connectivity index (χ3v) is 1.84. The first kappa shape index (κ1) is 8.96. The molecule has 0 aliphatic rings. The average molecular weight is 130 g/mol. The summed E-state index contributed by atoms with van der Waals surface area (Å²) in [5.74, 6) is 0.681. The topological polar surface area (TPSA) is 20.2 Å². The van der Waals surface area contributed by atoms with E-state index < -0.39 is 0 Å². The Bertz CT molecular complexity index is 53.6. The van der Waals surface area contributed by atoms with Gasteiger partial charge in [0.05, 0.1) is 6.10 Å². The van der Waals surface area contributed by atoms with E-state index >= 15 is 0 Å². The van der Waals surface area contributed by atoms with Gasteiger partial charge in [0.2, 0.25) is 0 Å². The van der Waals surface area contributed by atoms with Crippen molar-refractivity contribution in [2.75, 3.05) is 0 Å². The lowest BCUT2D eigenvalue weighted by atomic mass is 10.00. The van der Waals surface area contributed by atoms with Crippen molar-refractivity contribution in [2.45, 2.75) is 46.1 Å². The van der Waals surface area contributed by atoms with Gasteiger partial charge >= 0.3 is 0 Å². The second kappa shape index (κ2) is 4.80. The summed E-state index contributed by atoms with van der Waals surface area (Å²) in [6.07, 6.45) is 2.97. The van der Waals surface area contributed by atoms with Crippen LogP contribution in [0.25, 0.3) is 0 Å². The summed E-state index contributed by atoms with van der Waals surface area (Å²) >= 11 is 0. The molecule has 0 aliphatic carbocycles. The predicted molar refractivity (Wildman–Crippen MR) is 40.4 cm³/mol. The quantitative estimate of drug-likeness (QED) is 0.618. The van der Waals surface area contributed by atoms with Crippen molar-refractivity contribution in [3.63, 3.8) is 0 Å². The van der Waals surface area contributed by atoms with Crippen molar-refractivity contribution in [3.8, 4) is 0 Å². The smallest absolute Gasteiger partial charge is 0.0540 e. The molecule has 1 N–H and O–H groups in total. The van der Waals surface area contributed by atoms with Gasteiger partial charge in [-0.1, -0.05) is 27.2 Å². The second-order valence-electron chi connectivity index (χ2n) is 2.81.